The number of ether oxygens (including phenoxy) is 1. The molecule has 0 aliphatic rings. The number of carbonyl (C=O) groups excluding carboxylic acids is 1. The molecular weight excluding hydrogens is 314 g/mol. The fraction of sp³-hybridized carbons (Fsp3) is 0.100. The largest absolute Gasteiger partial charge is 0.422 e. The van der Waals surface area contributed by atoms with Crippen molar-refractivity contribution in [2.75, 3.05) is 0 Å². The number of rotatable bonds is 2. The fourth-order valence-corrected chi connectivity index (χ4v) is 1.82. The lowest BCUT2D eigenvalue weighted by Crippen LogP contribution is -2.04. The molecule has 4 heteroatoms. The predicted octanol–water partition coefficient (Wildman–Crippen LogP) is 3.43. The lowest BCUT2D eigenvalue weighted by Gasteiger charge is -2.03. The van der Waals surface area contributed by atoms with Crippen molar-refractivity contribution in [2.45, 2.75) is 6.92 Å². The number of allylic oxidation sites excluding steroid dienone is 1. The second-order valence-corrected chi connectivity index (χ2v) is 4.09. The van der Waals surface area contributed by atoms with E-state index in [0.717, 1.165) is 3.57 Å². The van der Waals surface area contributed by atoms with Crippen LogP contribution >= 0.6 is 34.2 Å². The molecule has 1 aromatic rings. The van der Waals surface area contributed by atoms with Gasteiger partial charge in [0.2, 0.25) is 0 Å². The van der Waals surface area contributed by atoms with Gasteiger partial charge in [-0.15, -0.1) is 0 Å². The Morgan fingerprint density at radius 3 is 2.86 bits per heavy atom. The first-order valence-electron chi connectivity index (χ1n) is 3.93. The van der Waals surface area contributed by atoms with Crippen LogP contribution < -0.4 is 4.74 Å². The normalized spacial score (nSPS) is 10.5. The molecule has 0 unspecified atom stereocenters. The summed E-state index contributed by atoms with van der Waals surface area (Å²) in [7, 11) is 0. The zero-order chi connectivity index (χ0) is 10.6. The lowest BCUT2D eigenvalue weighted by atomic mass is 10.3. The standard InChI is InChI=1S/C10H8ClIO2/c1-2-3-10(13)14-9-5-4-7(11)6-8(9)12/h2-6H,1H3/b3-2+. The topological polar surface area (TPSA) is 26.3 Å². The van der Waals surface area contributed by atoms with Crippen molar-refractivity contribution < 1.29 is 9.53 Å². The van der Waals surface area contributed by atoms with Gasteiger partial charge in [0.25, 0.3) is 0 Å². The maximum absolute atomic E-state index is 11.1. The molecule has 0 N–H and O–H groups in total. The van der Waals surface area contributed by atoms with Gasteiger partial charge in [-0.25, -0.2) is 4.79 Å². The van der Waals surface area contributed by atoms with Crippen LogP contribution in [0.4, 0.5) is 0 Å². The van der Waals surface area contributed by atoms with E-state index in [2.05, 4.69) is 22.6 Å². The van der Waals surface area contributed by atoms with Gasteiger partial charge in [-0.05, 0) is 47.7 Å². The third-order valence-corrected chi connectivity index (χ3v) is 2.49. The Labute approximate surface area is 101 Å². The Kier molecular flexibility index (Phi) is 4.41. The molecule has 0 heterocycles. The molecular formula is C10H8ClIO2. The summed E-state index contributed by atoms with van der Waals surface area (Å²) in [5.41, 5.74) is 0. The molecule has 0 bridgehead atoms. The number of carbonyl (C=O) groups is 1. The van der Waals surface area contributed by atoms with Gasteiger partial charge in [-0.1, -0.05) is 17.7 Å². The van der Waals surface area contributed by atoms with Gasteiger partial charge in [0.05, 0.1) is 3.57 Å². The summed E-state index contributed by atoms with van der Waals surface area (Å²) in [5, 5.41) is 0.625. The van der Waals surface area contributed by atoms with Crippen molar-refractivity contribution in [1.82, 2.24) is 0 Å². The van der Waals surface area contributed by atoms with Crippen LogP contribution in [0, 0.1) is 3.57 Å². The maximum atomic E-state index is 11.1. The van der Waals surface area contributed by atoms with Gasteiger partial charge in [0, 0.05) is 11.1 Å². The Hall–Kier alpha value is -0.550. The minimum atomic E-state index is -0.382. The summed E-state index contributed by atoms with van der Waals surface area (Å²) >= 11 is 7.82. The highest BCUT2D eigenvalue weighted by atomic mass is 127. The monoisotopic (exact) mass is 322 g/mol. The first-order valence-corrected chi connectivity index (χ1v) is 5.38. The van der Waals surface area contributed by atoms with E-state index in [-0.39, 0.29) is 5.97 Å². The zero-order valence-corrected chi connectivity index (χ0v) is 10.4. The van der Waals surface area contributed by atoms with E-state index >= 15 is 0 Å². The van der Waals surface area contributed by atoms with Crippen LogP contribution in [0.2, 0.25) is 5.02 Å². The minimum Gasteiger partial charge on any atom is -0.422 e. The number of hydrogen-bond donors (Lipinski definition) is 0. The average molecular weight is 323 g/mol. The molecule has 0 spiro atoms. The van der Waals surface area contributed by atoms with E-state index < -0.39 is 0 Å². The van der Waals surface area contributed by atoms with Crippen LogP contribution in [0.25, 0.3) is 0 Å². The van der Waals surface area contributed by atoms with Gasteiger partial charge in [0.1, 0.15) is 5.75 Å². The summed E-state index contributed by atoms with van der Waals surface area (Å²) < 4.78 is 5.86. The van der Waals surface area contributed by atoms with Crippen LogP contribution in [0.15, 0.2) is 30.4 Å². The van der Waals surface area contributed by atoms with Crippen molar-refractivity contribution >= 4 is 40.2 Å². The molecule has 0 aliphatic heterocycles. The van der Waals surface area contributed by atoms with Crippen molar-refractivity contribution in [3.05, 3.63) is 38.9 Å². The molecule has 14 heavy (non-hydrogen) atoms. The van der Waals surface area contributed by atoms with E-state index in [1.54, 1.807) is 31.2 Å². The zero-order valence-electron chi connectivity index (χ0n) is 7.46. The van der Waals surface area contributed by atoms with Gasteiger partial charge in [0.15, 0.2) is 0 Å². The van der Waals surface area contributed by atoms with Crippen LogP contribution in [0.3, 0.4) is 0 Å². The first-order chi connectivity index (χ1) is 6.63. The van der Waals surface area contributed by atoms with E-state index in [1.165, 1.54) is 6.08 Å². The molecule has 0 amide bonds. The van der Waals surface area contributed by atoms with Crippen molar-refractivity contribution in [2.24, 2.45) is 0 Å². The molecule has 0 aliphatic carbocycles. The molecule has 0 saturated carbocycles. The van der Waals surface area contributed by atoms with Gasteiger partial charge < -0.3 is 4.74 Å². The molecule has 0 aromatic heterocycles. The molecule has 74 valence electrons. The number of benzene rings is 1. The van der Waals surface area contributed by atoms with Crippen molar-refractivity contribution in [1.29, 1.82) is 0 Å². The summed E-state index contributed by atoms with van der Waals surface area (Å²) in [5.74, 6) is 0.144. The molecule has 1 rings (SSSR count). The molecule has 2 nitrogen and oxygen atoms in total. The van der Waals surface area contributed by atoms with Crippen LogP contribution in [-0.2, 0) is 4.79 Å². The summed E-state index contributed by atoms with van der Waals surface area (Å²) in [6.45, 7) is 1.76. The average Bonchev–Trinajstić information content (AvgIpc) is 2.10. The van der Waals surface area contributed by atoms with E-state index in [0.29, 0.717) is 10.8 Å². The Bertz CT molecular complexity index is 374. The second kappa shape index (κ2) is 5.36. The Morgan fingerprint density at radius 2 is 2.29 bits per heavy atom. The Morgan fingerprint density at radius 1 is 1.57 bits per heavy atom. The number of halogens is 2. The van der Waals surface area contributed by atoms with Crippen LogP contribution in [-0.4, -0.2) is 5.97 Å². The fourth-order valence-electron chi connectivity index (χ4n) is 0.836. The predicted molar refractivity (Wildman–Crippen MR) is 64.6 cm³/mol. The highest BCUT2D eigenvalue weighted by Gasteiger charge is 2.04. The molecule has 0 radical (unpaired) electrons. The summed E-state index contributed by atoms with van der Waals surface area (Å²) in [4.78, 5) is 11.1. The third kappa shape index (κ3) is 3.31. The van der Waals surface area contributed by atoms with E-state index in [4.69, 9.17) is 16.3 Å². The first kappa shape index (κ1) is 11.5. The Balaban J connectivity index is 2.82. The molecule has 0 saturated heterocycles. The van der Waals surface area contributed by atoms with Gasteiger partial charge in [-0.2, -0.15) is 0 Å². The van der Waals surface area contributed by atoms with Crippen molar-refractivity contribution in [3.63, 3.8) is 0 Å². The van der Waals surface area contributed by atoms with Crippen LogP contribution in [0.5, 0.6) is 5.75 Å². The quantitative estimate of drug-likeness (QED) is 0.361. The minimum absolute atomic E-state index is 0.382. The molecule has 0 fully saturated rings. The van der Waals surface area contributed by atoms with E-state index in [1.807, 2.05) is 0 Å². The summed E-state index contributed by atoms with van der Waals surface area (Å²) in [6, 6.07) is 5.09. The highest BCUT2D eigenvalue weighted by molar-refractivity contribution is 14.1. The third-order valence-electron chi connectivity index (χ3n) is 1.41. The number of hydrogen-bond acceptors (Lipinski definition) is 2. The van der Waals surface area contributed by atoms with Crippen LogP contribution in [0.1, 0.15) is 6.92 Å². The molecule has 0 atom stereocenters. The van der Waals surface area contributed by atoms with Crippen molar-refractivity contribution in [3.8, 4) is 5.75 Å². The second-order valence-electron chi connectivity index (χ2n) is 2.50. The van der Waals surface area contributed by atoms with Gasteiger partial charge in [-0.3, -0.25) is 0 Å². The summed E-state index contributed by atoms with van der Waals surface area (Å²) in [6.07, 6.45) is 3.00. The maximum Gasteiger partial charge on any atom is 0.335 e. The lowest BCUT2D eigenvalue weighted by molar-refractivity contribution is -0.129. The number of esters is 1. The SMILES string of the molecule is C/C=C/C(=O)Oc1ccc(Cl)cc1I. The molecule has 1 aromatic carbocycles. The van der Waals surface area contributed by atoms with E-state index in [9.17, 15) is 4.79 Å². The smallest absolute Gasteiger partial charge is 0.335 e. The van der Waals surface area contributed by atoms with Gasteiger partial charge >= 0.3 is 5.97 Å². The highest BCUT2D eigenvalue weighted by Crippen LogP contribution is 2.24.